The van der Waals surface area contributed by atoms with E-state index in [-0.39, 0.29) is 0 Å². The molecule has 2 rings (SSSR count). The molecular weight excluding hydrogens is 328 g/mol. The van der Waals surface area contributed by atoms with Gasteiger partial charge >= 0.3 is 0 Å². The average molecular weight is 371 g/mol. The maximum atomic E-state index is 2.74. The molecule has 0 saturated carbocycles. The summed E-state index contributed by atoms with van der Waals surface area (Å²) in [5, 5.41) is 0. The van der Waals surface area contributed by atoms with Gasteiger partial charge in [0.05, 0.1) is 6.17 Å². The minimum atomic E-state index is 0.394. The number of hydrogen-bond acceptors (Lipinski definition) is 2. The van der Waals surface area contributed by atoms with Crippen LogP contribution in [0, 0.1) is 5.41 Å². The highest BCUT2D eigenvalue weighted by molar-refractivity contribution is 5.49. The summed E-state index contributed by atoms with van der Waals surface area (Å²) < 4.78 is 0. The molecule has 1 aromatic carbocycles. The lowest BCUT2D eigenvalue weighted by molar-refractivity contribution is 0.127. The second-order valence-corrected chi connectivity index (χ2v) is 10.0. The lowest BCUT2D eigenvalue weighted by atomic mass is 9.91. The van der Waals surface area contributed by atoms with Crippen molar-refractivity contribution < 1.29 is 0 Å². The van der Waals surface area contributed by atoms with Gasteiger partial charge in [-0.3, -0.25) is 4.90 Å². The van der Waals surface area contributed by atoms with Crippen molar-refractivity contribution in [1.82, 2.24) is 4.90 Å². The Morgan fingerprint density at radius 1 is 1.15 bits per heavy atom. The summed E-state index contributed by atoms with van der Waals surface area (Å²) in [6.45, 7) is 19.5. The van der Waals surface area contributed by atoms with E-state index < -0.39 is 0 Å². The molecule has 1 unspecified atom stereocenters. The fourth-order valence-electron chi connectivity index (χ4n) is 3.80. The maximum Gasteiger partial charge on any atom is 0.0824 e. The Morgan fingerprint density at radius 3 is 2.37 bits per heavy atom. The van der Waals surface area contributed by atoms with Crippen LogP contribution in [0.1, 0.15) is 85.6 Å². The van der Waals surface area contributed by atoms with Crippen molar-refractivity contribution in [2.45, 2.75) is 86.2 Å². The third-order valence-electron chi connectivity index (χ3n) is 5.68. The van der Waals surface area contributed by atoms with Gasteiger partial charge in [-0.05, 0) is 68.6 Å². The largest absolute Gasteiger partial charge is 0.352 e. The van der Waals surface area contributed by atoms with Gasteiger partial charge in [0.15, 0.2) is 0 Å². The van der Waals surface area contributed by atoms with E-state index in [4.69, 9.17) is 0 Å². The van der Waals surface area contributed by atoms with E-state index in [0.29, 0.717) is 17.5 Å². The van der Waals surface area contributed by atoms with Crippen LogP contribution in [0.2, 0.25) is 0 Å². The van der Waals surface area contributed by atoms with Crippen molar-refractivity contribution >= 4 is 5.69 Å². The average Bonchev–Trinajstić information content (AvgIpc) is 2.60. The maximum absolute atomic E-state index is 2.74. The topological polar surface area (TPSA) is 6.48 Å². The molecule has 2 heteroatoms. The SMILES string of the molecule is CC(C)=CCN(c1ccc(C(C)C)cc1)C1CCCCN1CCC(C)(C)C. The van der Waals surface area contributed by atoms with E-state index in [0.717, 1.165) is 6.54 Å². The summed E-state index contributed by atoms with van der Waals surface area (Å²) >= 11 is 0. The quantitative estimate of drug-likeness (QED) is 0.485. The van der Waals surface area contributed by atoms with E-state index in [2.05, 4.69) is 88.6 Å². The first-order chi connectivity index (χ1) is 12.7. The molecule has 1 fully saturated rings. The van der Waals surface area contributed by atoms with E-state index in [1.807, 2.05) is 0 Å². The monoisotopic (exact) mass is 370 g/mol. The van der Waals surface area contributed by atoms with E-state index in [9.17, 15) is 0 Å². The number of piperidine rings is 1. The summed E-state index contributed by atoms with van der Waals surface area (Å²) in [4.78, 5) is 5.38. The van der Waals surface area contributed by atoms with Gasteiger partial charge in [-0.15, -0.1) is 0 Å². The number of likely N-dealkylation sites (tertiary alicyclic amines) is 1. The summed E-state index contributed by atoms with van der Waals surface area (Å²) in [5.41, 5.74) is 4.58. The van der Waals surface area contributed by atoms with Gasteiger partial charge in [-0.1, -0.05) is 58.4 Å². The molecule has 1 heterocycles. The Labute approximate surface area is 168 Å². The van der Waals surface area contributed by atoms with E-state index >= 15 is 0 Å². The second kappa shape index (κ2) is 9.78. The summed E-state index contributed by atoms with van der Waals surface area (Å²) in [6.07, 6.45) is 8.10. The van der Waals surface area contributed by atoms with Gasteiger partial charge in [0, 0.05) is 25.3 Å². The number of rotatable bonds is 7. The van der Waals surface area contributed by atoms with Gasteiger partial charge in [-0.25, -0.2) is 0 Å². The Kier molecular flexibility index (Phi) is 7.97. The summed E-state index contributed by atoms with van der Waals surface area (Å²) in [7, 11) is 0. The Bertz CT molecular complexity index is 588. The number of nitrogens with zero attached hydrogens (tertiary/aromatic N) is 2. The zero-order valence-electron chi connectivity index (χ0n) is 18.9. The van der Waals surface area contributed by atoms with E-state index in [1.54, 1.807) is 0 Å². The number of anilines is 1. The van der Waals surface area contributed by atoms with Crippen molar-refractivity contribution in [2.75, 3.05) is 24.5 Å². The van der Waals surface area contributed by atoms with Gasteiger partial charge < -0.3 is 4.90 Å². The van der Waals surface area contributed by atoms with Crippen molar-refractivity contribution in [3.05, 3.63) is 41.5 Å². The normalized spacial score (nSPS) is 18.6. The highest BCUT2D eigenvalue weighted by Crippen LogP contribution is 2.29. The molecule has 0 amide bonds. The third-order valence-corrected chi connectivity index (χ3v) is 5.68. The van der Waals surface area contributed by atoms with Crippen LogP contribution in [0.15, 0.2) is 35.9 Å². The van der Waals surface area contributed by atoms with Crippen LogP contribution >= 0.6 is 0 Å². The molecule has 0 N–H and O–H groups in total. The van der Waals surface area contributed by atoms with Gasteiger partial charge in [-0.2, -0.15) is 0 Å². The van der Waals surface area contributed by atoms with Crippen molar-refractivity contribution in [1.29, 1.82) is 0 Å². The molecular formula is C25H42N2. The zero-order valence-corrected chi connectivity index (χ0v) is 18.9. The minimum absolute atomic E-state index is 0.394. The molecule has 1 aromatic rings. The fraction of sp³-hybridized carbons (Fsp3) is 0.680. The van der Waals surface area contributed by atoms with Crippen molar-refractivity contribution in [3.8, 4) is 0 Å². The lowest BCUT2D eigenvalue weighted by Crippen LogP contribution is -2.52. The van der Waals surface area contributed by atoms with Crippen LogP contribution < -0.4 is 4.90 Å². The Balaban J connectivity index is 2.25. The highest BCUT2D eigenvalue weighted by atomic mass is 15.4. The molecule has 2 nitrogen and oxygen atoms in total. The molecule has 1 aliphatic heterocycles. The van der Waals surface area contributed by atoms with Gasteiger partial charge in [0.2, 0.25) is 0 Å². The predicted molar refractivity (Wildman–Crippen MR) is 121 cm³/mol. The van der Waals surface area contributed by atoms with Crippen LogP contribution in [0.5, 0.6) is 0 Å². The van der Waals surface area contributed by atoms with Crippen LogP contribution in [0.4, 0.5) is 5.69 Å². The van der Waals surface area contributed by atoms with Crippen LogP contribution in [-0.2, 0) is 0 Å². The molecule has 0 spiro atoms. The van der Waals surface area contributed by atoms with Crippen LogP contribution in [0.3, 0.4) is 0 Å². The fourth-order valence-corrected chi connectivity index (χ4v) is 3.80. The summed E-state index contributed by atoms with van der Waals surface area (Å²) in [6, 6.07) is 9.31. The minimum Gasteiger partial charge on any atom is -0.352 e. The molecule has 0 bridgehead atoms. The molecule has 0 radical (unpaired) electrons. The standard InChI is InChI=1S/C25H42N2/c1-20(2)15-18-27(23-13-11-22(12-14-23)21(3)4)24-10-8-9-17-26(24)19-16-25(5,6)7/h11-15,21,24H,8-10,16-19H2,1-7H3. The molecule has 1 aliphatic rings. The first-order valence-electron chi connectivity index (χ1n) is 10.9. The first-order valence-corrected chi connectivity index (χ1v) is 10.9. The lowest BCUT2D eigenvalue weighted by Gasteiger charge is -2.44. The van der Waals surface area contributed by atoms with Crippen molar-refractivity contribution in [3.63, 3.8) is 0 Å². The smallest absolute Gasteiger partial charge is 0.0824 e. The van der Waals surface area contributed by atoms with Gasteiger partial charge in [0.25, 0.3) is 0 Å². The Morgan fingerprint density at radius 2 is 1.81 bits per heavy atom. The molecule has 0 aliphatic carbocycles. The number of allylic oxidation sites excluding steroid dienone is 1. The predicted octanol–water partition coefficient (Wildman–Crippen LogP) is 6.83. The molecule has 0 aromatic heterocycles. The highest BCUT2D eigenvalue weighted by Gasteiger charge is 2.28. The molecule has 1 atom stereocenters. The number of hydrogen-bond donors (Lipinski definition) is 0. The van der Waals surface area contributed by atoms with Gasteiger partial charge in [0.1, 0.15) is 0 Å². The van der Waals surface area contributed by atoms with Crippen molar-refractivity contribution in [2.24, 2.45) is 5.41 Å². The molecule has 27 heavy (non-hydrogen) atoms. The summed E-state index contributed by atoms with van der Waals surface area (Å²) in [5.74, 6) is 0.586. The Hall–Kier alpha value is -1.28. The van der Waals surface area contributed by atoms with Crippen LogP contribution in [-0.4, -0.2) is 30.7 Å². The molecule has 1 saturated heterocycles. The molecule has 152 valence electrons. The van der Waals surface area contributed by atoms with Crippen LogP contribution in [0.25, 0.3) is 0 Å². The number of benzene rings is 1. The zero-order chi connectivity index (χ0) is 20.0. The third kappa shape index (κ3) is 6.99. The first kappa shape index (κ1) is 22.0. The second-order valence-electron chi connectivity index (χ2n) is 10.0. The van der Waals surface area contributed by atoms with E-state index in [1.165, 1.54) is 55.6 Å².